The summed E-state index contributed by atoms with van der Waals surface area (Å²) in [6, 6.07) is 3.41. The average Bonchev–Trinajstić information content (AvgIpc) is 2.83. The molecule has 0 radical (unpaired) electrons. The first kappa shape index (κ1) is 16.8. The number of aromatic nitrogens is 2. The Labute approximate surface area is 138 Å². The molecule has 22 heavy (non-hydrogen) atoms. The van der Waals surface area contributed by atoms with Gasteiger partial charge in [-0.2, -0.15) is 0 Å². The van der Waals surface area contributed by atoms with E-state index in [2.05, 4.69) is 10.3 Å². The smallest absolute Gasteiger partial charge is 0.267 e. The van der Waals surface area contributed by atoms with Gasteiger partial charge in [-0.25, -0.2) is 0 Å². The normalized spacial score (nSPS) is 12.2. The second-order valence-electron chi connectivity index (χ2n) is 5.08. The van der Waals surface area contributed by atoms with Crippen LogP contribution in [0.15, 0.2) is 30.7 Å². The van der Waals surface area contributed by atoms with Crippen LogP contribution < -0.4 is 5.32 Å². The van der Waals surface area contributed by atoms with Crippen LogP contribution in [-0.4, -0.2) is 33.7 Å². The van der Waals surface area contributed by atoms with Crippen LogP contribution in [0.3, 0.4) is 0 Å². The summed E-state index contributed by atoms with van der Waals surface area (Å²) < 4.78 is 1.66. The van der Waals surface area contributed by atoms with Gasteiger partial charge in [0.15, 0.2) is 0 Å². The highest BCUT2D eigenvalue weighted by Crippen LogP contribution is 2.18. The molecule has 0 aliphatic rings. The standard InChI is InChI=1S/C15H17Cl2N3O2/c1-20-8-12(16)5-14(20)15(22)19-6-10(9-21)4-11-2-3-18-7-13(11)17/h2-3,5,7-8,10,21H,4,6,9H2,1H3,(H,19,22). The van der Waals surface area contributed by atoms with Crippen molar-refractivity contribution in [3.63, 3.8) is 0 Å². The highest BCUT2D eigenvalue weighted by atomic mass is 35.5. The molecule has 2 heterocycles. The van der Waals surface area contributed by atoms with E-state index in [1.165, 1.54) is 0 Å². The van der Waals surface area contributed by atoms with Gasteiger partial charge in [-0.1, -0.05) is 23.2 Å². The van der Waals surface area contributed by atoms with E-state index in [9.17, 15) is 9.90 Å². The van der Waals surface area contributed by atoms with Gasteiger partial charge in [0.25, 0.3) is 5.91 Å². The second kappa shape index (κ2) is 7.63. The van der Waals surface area contributed by atoms with E-state index in [0.29, 0.717) is 28.7 Å². The third kappa shape index (κ3) is 4.22. The summed E-state index contributed by atoms with van der Waals surface area (Å²) >= 11 is 11.9. The first-order chi connectivity index (χ1) is 10.5. The number of nitrogens with one attached hydrogen (secondary N) is 1. The quantitative estimate of drug-likeness (QED) is 0.847. The minimum atomic E-state index is -0.228. The molecule has 0 aliphatic heterocycles. The summed E-state index contributed by atoms with van der Waals surface area (Å²) in [6.07, 6.45) is 5.44. The Bertz CT molecular complexity index is 658. The predicted octanol–water partition coefficient (Wildman–Crippen LogP) is 2.31. The number of hydrogen-bond acceptors (Lipinski definition) is 3. The number of amides is 1. The van der Waals surface area contributed by atoms with Crippen molar-refractivity contribution >= 4 is 29.1 Å². The van der Waals surface area contributed by atoms with Crippen LogP contribution in [0, 0.1) is 5.92 Å². The molecule has 2 rings (SSSR count). The molecule has 2 aromatic rings. The molecule has 0 spiro atoms. The largest absolute Gasteiger partial charge is 0.396 e. The lowest BCUT2D eigenvalue weighted by Crippen LogP contribution is -2.32. The minimum Gasteiger partial charge on any atom is -0.396 e. The molecular formula is C15H17Cl2N3O2. The number of rotatable bonds is 6. The number of carbonyl (C=O) groups is 1. The van der Waals surface area contributed by atoms with Crippen LogP contribution in [0.5, 0.6) is 0 Å². The van der Waals surface area contributed by atoms with Gasteiger partial charge in [-0.3, -0.25) is 9.78 Å². The number of aliphatic hydroxyl groups excluding tert-OH is 1. The van der Waals surface area contributed by atoms with E-state index < -0.39 is 0 Å². The van der Waals surface area contributed by atoms with Gasteiger partial charge in [0, 0.05) is 44.7 Å². The summed E-state index contributed by atoms with van der Waals surface area (Å²) in [5.41, 5.74) is 1.37. The SMILES string of the molecule is Cn1cc(Cl)cc1C(=O)NCC(CO)Cc1ccncc1Cl. The van der Waals surface area contributed by atoms with Crippen LogP contribution >= 0.6 is 23.2 Å². The fourth-order valence-corrected chi connectivity index (χ4v) is 2.61. The molecule has 5 nitrogen and oxygen atoms in total. The van der Waals surface area contributed by atoms with Gasteiger partial charge in [0.05, 0.1) is 10.0 Å². The molecule has 118 valence electrons. The molecule has 0 aliphatic carbocycles. The van der Waals surface area contributed by atoms with Crippen molar-refractivity contribution in [1.29, 1.82) is 0 Å². The van der Waals surface area contributed by atoms with Crippen molar-refractivity contribution in [2.45, 2.75) is 6.42 Å². The average molecular weight is 342 g/mol. The topological polar surface area (TPSA) is 67.2 Å². The molecule has 0 aromatic carbocycles. The molecule has 0 bridgehead atoms. The maximum atomic E-state index is 12.1. The van der Waals surface area contributed by atoms with E-state index >= 15 is 0 Å². The Balaban J connectivity index is 1.95. The van der Waals surface area contributed by atoms with Crippen molar-refractivity contribution in [1.82, 2.24) is 14.9 Å². The third-order valence-electron chi connectivity index (χ3n) is 3.38. The zero-order valence-electron chi connectivity index (χ0n) is 12.1. The number of hydrogen-bond donors (Lipinski definition) is 2. The number of carbonyl (C=O) groups excluding carboxylic acids is 1. The van der Waals surface area contributed by atoms with Crippen molar-refractivity contribution in [2.24, 2.45) is 13.0 Å². The van der Waals surface area contributed by atoms with E-state index in [-0.39, 0.29) is 18.4 Å². The highest BCUT2D eigenvalue weighted by Gasteiger charge is 2.15. The van der Waals surface area contributed by atoms with Crippen LogP contribution in [0.1, 0.15) is 16.1 Å². The van der Waals surface area contributed by atoms with Gasteiger partial charge < -0.3 is 15.0 Å². The monoisotopic (exact) mass is 341 g/mol. The Morgan fingerprint density at radius 3 is 2.86 bits per heavy atom. The highest BCUT2D eigenvalue weighted by molar-refractivity contribution is 6.31. The van der Waals surface area contributed by atoms with E-state index in [4.69, 9.17) is 23.2 Å². The van der Waals surface area contributed by atoms with E-state index in [1.54, 1.807) is 36.3 Å². The Morgan fingerprint density at radius 2 is 2.27 bits per heavy atom. The molecule has 1 atom stereocenters. The van der Waals surface area contributed by atoms with Crippen molar-refractivity contribution in [2.75, 3.05) is 13.2 Å². The molecule has 0 fully saturated rings. The second-order valence-corrected chi connectivity index (χ2v) is 5.93. The predicted molar refractivity (Wildman–Crippen MR) is 86.3 cm³/mol. The summed E-state index contributed by atoms with van der Waals surface area (Å²) in [7, 11) is 1.75. The van der Waals surface area contributed by atoms with E-state index in [0.717, 1.165) is 5.56 Å². The lowest BCUT2D eigenvalue weighted by Gasteiger charge is -2.16. The van der Waals surface area contributed by atoms with Gasteiger partial charge in [-0.05, 0) is 24.1 Å². The zero-order valence-corrected chi connectivity index (χ0v) is 13.6. The number of pyridine rings is 1. The molecule has 0 saturated carbocycles. The van der Waals surface area contributed by atoms with Gasteiger partial charge >= 0.3 is 0 Å². The summed E-state index contributed by atoms with van der Waals surface area (Å²) in [6.45, 7) is 0.295. The number of nitrogens with zero attached hydrogens (tertiary/aromatic N) is 2. The van der Waals surface area contributed by atoms with Crippen LogP contribution in [-0.2, 0) is 13.5 Å². The number of halogens is 2. The number of aryl methyl sites for hydroxylation is 1. The molecule has 1 amide bonds. The molecule has 0 saturated heterocycles. The molecular weight excluding hydrogens is 325 g/mol. The Morgan fingerprint density at radius 1 is 1.50 bits per heavy atom. The minimum absolute atomic E-state index is 0.0488. The third-order valence-corrected chi connectivity index (χ3v) is 3.93. The maximum Gasteiger partial charge on any atom is 0.267 e. The lowest BCUT2D eigenvalue weighted by molar-refractivity contribution is 0.0932. The summed E-state index contributed by atoms with van der Waals surface area (Å²) in [5.74, 6) is -0.353. The van der Waals surface area contributed by atoms with Crippen LogP contribution in [0.4, 0.5) is 0 Å². The van der Waals surface area contributed by atoms with E-state index in [1.807, 2.05) is 6.07 Å². The first-order valence-corrected chi connectivity index (χ1v) is 7.56. The molecule has 2 aromatic heterocycles. The summed E-state index contributed by atoms with van der Waals surface area (Å²) in [5, 5.41) is 13.4. The van der Waals surface area contributed by atoms with Crippen LogP contribution in [0.2, 0.25) is 10.0 Å². The van der Waals surface area contributed by atoms with Gasteiger partial charge in [0.1, 0.15) is 5.69 Å². The molecule has 2 N–H and O–H groups in total. The first-order valence-electron chi connectivity index (χ1n) is 6.80. The van der Waals surface area contributed by atoms with Crippen molar-refractivity contribution < 1.29 is 9.90 Å². The maximum absolute atomic E-state index is 12.1. The van der Waals surface area contributed by atoms with Crippen molar-refractivity contribution in [3.05, 3.63) is 52.0 Å². The fraction of sp³-hybridized carbons (Fsp3) is 0.333. The van der Waals surface area contributed by atoms with Crippen molar-refractivity contribution in [3.8, 4) is 0 Å². The lowest BCUT2D eigenvalue weighted by atomic mass is 10.0. The van der Waals surface area contributed by atoms with Gasteiger partial charge in [-0.15, -0.1) is 0 Å². The molecule has 1 unspecified atom stereocenters. The fourth-order valence-electron chi connectivity index (χ4n) is 2.16. The zero-order chi connectivity index (χ0) is 16.1. The summed E-state index contributed by atoms with van der Waals surface area (Å²) in [4.78, 5) is 16.0. The van der Waals surface area contributed by atoms with Gasteiger partial charge in [0.2, 0.25) is 0 Å². The van der Waals surface area contributed by atoms with Crippen LogP contribution in [0.25, 0.3) is 0 Å². The molecule has 7 heteroatoms. The number of aliphatic hydroxyl groups is 1. The Hall–Kier alpha value is -1.56. The Kier molecular flexibility index (Phi) is 5.83.